The highest BCUT2D eigenvalue weighted by atomic mass is 32.2. The Morgan fingerprint density at radius 1 is 1.44 bits per heavy atom. The molecule has 1 fully saturated rings. The number of quaternary nitrogens is 1. The van der Waals surface area contributed by atoms with E-state index in [0.29, 0.717) is 11.6 Å². The molecule has 7 heteroatoms. The molecule has 0 aliphatic carbocycles. The lowest BCUT2D eigenvalue weighted by Crippen LogP contribution is -3.10. The largest absolute Gasteiger partial charge is 0.334 e. The Morgan fingerprint density at radius 2 is 2.22 bits per heavy atom. The van der Waals surface area contributed by atoms with Gasteiger partial charge in [-0.2, -0.15) is 0 Å². The van der Waals surface area contributed by atoms with E-state index < -0.39 is 0 Å². The quantitative estimate of drug-likeness (QED) is 0.596. The van der Waals surface area contributed by atoms with Crippen molar-refractivity contribution in [1.82, 2.24) is 10.2 Å². The number of carbonyl (C=O) groups is 1. The maximum absolute atomic E-state index is 11.2. The number of carbonyl (C=O) groups excluding carboxylic acids is 1. The van der Waals surface area contributed by atoms with Gasteiger partial charge in [0, 0.05) is 25.0 Å². The summed E-state index contributed by atoms with van der Waals surface area (Å²) in [6.45, 7) is 5.65. The Kier molecular flexibility index (Phi) is 5.40. The minimum atomic E-state index is -0.00999. The van der Waals surface area contributed by atoms with Crippen LogP contribution >= 0.6 is 23.1 Å². The number of hydrogen-bond donors (Lipinski definition) is 2. The number of anilines is 1. The third-order valence-electron chi connectivity index (χ3n) is 2.97. The first-order valence-corrected chi connectivity index (χ1v) is 8.18. The van der Waals surface area contributed by atoms with Crippen LogP contribution in [0.1, 0.15) is 26.2 Å². The smallest absolute Gasteiger partial charge is 0.225 e. The molecular weight excluding hydrogens is 268 g/mol. The average molecular weight is 287 g/mol. The average Bonchev–Trinajstić information content (AvgIpc) is 3.01. The maximum Gasteiger partial charge on any atom is 0.225 e. The van der Waals surface area contributed by atoms with Gasteiger partial charge in [-0.15, -0.1) is 10.2 Å². The Balaban J connectivity index is 1.70. The molecular formula is C11H19N4OS2+. The van der Waals surface area contributed by atoms with Gasteiger partial charge in [0.1, 0.15) is 0 Å². The molecule has 0 spiro atoms. The molecule has 0 bridgehead atoms. The summed E-state index contributed by atoms with van der Waals surface area (Å²) in [7, 11) is 0. The Morgan fingerprint density at radius 3 is 2.94 bits per heavy atom. The number of aromatic nitrogens is 2. The number of amides is 1. The van der Waals surface area contributed by atoms with Gasteiger partial charge in [-0.05, 0) is 0 Å². The number of thioether (sulfide) groups is 1. The van der Waals surface area contributed by atoms with Gasteiger partial charge in [0.2, 0.25) is 11.0 Å². The number of rotatable bonds is 6. The number of nitrogens with zero attached hydrogens (tertiary/aromatic N) is 2. The predicted molar refractivity (Wildman–Crippen MR) is 74.4 cm³/mol. The highest BCUT2D eigenvalue weighted by molar-refractivity contribution is 8.01. The molecule has 1 aliphatic heterocycles. The third kappa shape index (κ3) is 4.22. The minimum Gasteiger partial charge on any atom is -0.334 e. The minimum absolute atomic E-state index is 0.00999. The number of hydrogen-bond acceptors (Lipinski definition) is 5. The molecule has 1 aromatic rings. The van der Waals surface area contributed by atoms with Crippen molar-refractivity contribution in [3.05, 3.63) is 0 Å². The molecule has 0 atom stereocenters. The van der Waals surface area contributed by atoms with E-state index in [-0.39, 0.29) is 5.91 Å². The summed E-state index contributed by atoms with van der Waals surface area (Å²) in [5.74, 6) is 1.07. The van der Waals surface area contributed by atoms with E-state index in [0.717, 1.165) is 10.1 Å². The molecule has 18 heavy (non-hydrogen) atoms. The fraction of sp³-hybridized carbons (Fsp3) is 0.727. The molecule has 0 unspecified atom stereocenters. The predicted octanol–water partition coefficient (Wildman–Crippen LogP) is 0.657. The summed E-state index contributed by atoms with van der Waals surface area (Å²) in [5, 5.41) is 11.4. The van der Waals surface area contributed by atoms with Gasteiger partial charge in [0.25, 0.3) is 0 Å². The SMILES string of the molecule is CCC(=O)Nc1nnc(SCC[NH+]2CCCC2)s1. The van der Waals surface area contributed by atoms with Gasteiger partial charge >= 0.3 is 0 Å². The van der Waals surface area contributed by atoms with Crippen LogP contribution in [0.15, 0.2) is 4.34 Å². The van der Waals surface area contributed by atoms with Crippen LogP contribution in [0.4, 0.5) is 5.13 Å². The summed E-state index contributed by atoms with van der Waals surface area (Å²) in [4.78, 5) is 12.9. The van der Waals surface area contributed by atoms with Crippen molar-refractivity contribution in [2.75, 3.05) is 30.7 Å². The van der Waals surface area contributed by atoms with Crippen LogP contribution in [-0.2, 0) is 4.79 Å². The van der Waals surface area contributed by atoms with E-state index in [4.69, 9.17) is 0 Å². The Hall–Kier alpha value is -0.660. The second-order valence-electron chi connectivity index (χ2n) is 4.33. The van der Waals surface area contributed by atoms with Crippen molar-refractivity contribution < 1.29 is 9.69 Å². The van der Waals surface area contributed by atoms with Gasteiger partial charge in [0.15, 0.2) is 4.34 Å². The molecule has 1 aromatic heterocycles. The van der Waals surface area contributed by atoms with Crippen LogP contribution in [0, 0.1) is 0 Å². The summed E-state index contributed by atoms with van der Waals surface area (Å²) in [6.07, 6.45) is 3.21. The molecule has 1 amide bonds. The van der Waals surface area contributed by atoms with Crippen molar-refractivity contribution in [2.24, 2.45) is 0 Å². The number of nitrogens with one attached hydrogen (secondary N) is 2. The normalized spacial score (nSPS) is 16.1. The maximum atomic E-state index is 11.2. The van der Waals surface area contributed by atoms with Gasteiger partial charge in [0.05, 0.1) is 19.6 Å². The Bertz CT molecular complexity index is 390. The lowest BCUT2D eigenvalue weighted by molar-refractivity contribution is -0.884. The fourth-order valence-electron chi connectivity index (χ4n) is 1.93. The molecule has 100 valence electrons. The zero-order chi connectivity index (χ0) is 12.8. The standard InChI is InChI=1S/C11H18N4OS2/c1-2-9(16)12-10-13-14-11(18-10)17-8-7-15-5-3-4-6-15/h2-8H2,1H3,(H,12,13,16)/p+1. The lowest BCUT2D eigenvalue weighted by atomic mass is 10.4. The van der Waals surface area contributed by atoms with Crippen molar-refractivity contribution in [2.45, 2.75) is 30.5 Å². The monoisotopic (exact) mass is 287 g/mol. The first kappa shape index (κ1) is 13.8. The summed E-state index contributed by atoms with van der Waals surface area (Å²) < 4.78 is 0.944. The molecule has 1 saturated heterocycles. The second kappa shape index (κ2) is 7.06. The molecule has 1 aliphatic rings. The molecule has 2 heterocycles. The third-order valence-corrected chi connectivity index (χ3v) is 4.94. The van der Waals surface area contributed by atoms with Crippen LogP contribution < -0.4 is 10.2 Å². The van der Waals surface area contributed by atoms with Crippen molar-refractivity contribution in [1.29, 1.82) is 0 Å². The van der Waals surface area contributed by atoms with E-state index in [1.54, 1.807) is 16.7 Å². The van der Waals surface area contributed by atoms with E-state index in [2.05, 4.69) is 15.5 Å². The summed E-state index contributed by atoms with van der Waals surface area (Å²) in [5.41, 5.74) is 0. The van der Waals surface area contributed by atoms with Crippen LogP contribution in [-0.4, -0.2) is 41.5 Å². The first-order valence-electron chi connectivity index (χ1n) is 6.37. The summed E-state index contributed by atoms with van der Waals surface area (Å²) >= 11 is 3.19. The van der Waals surface area contributed by atoms with E-state index in [1.165, 1.54) is 43.8 Å². The van der Waals surface area contributed by atoms with Crippen LogP contribution in [0.25, 0.3) is 0 Å². The molecule has 2 N–H and O–H groups in total. The van der Waals surface area contributed by atoms with Crippen LogP contribution in [0.2, 0.25) is 0 Å². The number of likely N-dealkylation sites (tertiary alicyclic amines) is 1. The van der Waals surface area contributed by atoms with Crippen LogP contribution in [0.5, 0.6) is 0 Å². The molecule has 5 nitrogen and oxygen atoms in total. The van der Waals surface area contributed by atoms with Crippen molar-refractivity contribution in [3.63, 3.8) is 0 Å². The molecule has 2 rings (SSSR count). The van der Waals surface area contributed by atoms with Crippen LogP contribution in [0.3, 0.4) is 0 Å². The van der Waals surface area contributed by atoms with Gasteiger partial charge in [-0.1, -0.05) is 30.0 Å². The topological polar surface area (TPSA) is 59.3 Å². The zero-order valence-corrected chi connectivity index (χ0v) is 12.2. The zero-order valence-electron chi connectivity index (χ0n) is 10.6. The summed E-state index contributed by atoms with van der Waals surface area (Å²) in [6, 6.07) is 0. The lowest BCUT2D eigenvalue weighted by Gasteiger charge is -2.10. The second-order valence-corrected chi connectivity index (χ2v) is 6.65. The Labute approximate surface area is 115 Å². The molecule has 0 saturated carbocycles. The van der Waals surface area contributed by atoms with Crippen molar-refractivity contribution in [3.8, 4) is 0 Å². The van der Waals surface area contributed by atoms with Gasteiger partial charge in [-0.3, -0.25) is 4.79 Å². The van der Waals surface area contributed by atoms with Gasteiger partial charge in [-0.25, -0.2) is 0 Å². The molecule has 0 aromatic carbocycles. The van der Waals surface area contributed by atoms with Gasteiger partial charge < -0.3 is 10.2 Å². The highest BCUT2D eigenvalue weighted by Crippen LogP contribution is 2.24. The van der Waals surface area contributed by atoms with E-state index in [1.807, 2.05) is 6.92 Å². The molecule has 0 radical (unpaired) electrons. The van der Waals surface area contributed by atoms with Crippen molar-refractivity contribution >= 4 is 34.1 Å². The first-order chi connectivity index (χ1) is 8.78. The van der Waals surface area contributed by atoms with E-state index >= 15 is 0 Å². The fourth-order valence-corrected chi connectivity index (χ4v) is 3.81. The highest BCUT2D eigenvalue weighted by Gasteiger charge is 2.15. The van der Waals surface area contributed by atoms with E-state index in [9.17, 15) is 4.79 Å².